The van der Waals surface area contributed by atoms with E-state index in [0.29, 0.717) is 46.7 Å². The van der Waals surface area contributed by atoms with E-state index in [1.165, 1.54) is 17.8 Å². The molecule has 0 aliphatic carbocycles. The van der Waals surface area contributed by atoms with Crippen molar-refractivity contribution in [1.82, 2.24) is 39.7 Å². The number of pyridine rings is 1. The van der Waals surface area contributed by atoms with Crippen molar-refractivity contribution in [1.29, 1.82) is 0 Å². The van der Waals surface area contributed by atoms with Gasteiger partial charge in [-0.3, -0.25) is 20.0 Å². The van der Waals surface area contributed by atoms with E-state index in [1.54, 1.807) is 31.5 Å². The number of anilines is 2. The maximum atomic E-state index is 13.1. The summed E-state index contributed by atoms with van der Waals surface area (Å²) < 4.78 is 6.36. The first-order valence-corrected chi connectivity index (χ1v) is 13.1. The van der Waals surface area contributed by atoms with Gasteiger partial charge in [-0.05, 0) is 51.7 Å². The molecule has 40 heavy (non-hydrogen) atoms. The van der Waals surface area contributed by atoms with Gasteiger partial charge in [0.1, 0.15) is 18.0 Å². The Bertz CT molecular complexity index is 1580. The lowest BCUT2D eigenvalue weighted by Crippen LogP contribution is -2.46. The number of aromatic nitrogens is 7. The Morgan fingerprint density at radius 3 is 2.55 bits per heavy atom. The number of ketones is 1. The zero-order valence-electron chi connectivity index (χ0n) is 22.0. The molecule has 2 saturated heterocycles. The second kappa shape index (κ2) is 10.0. The Morgan fingerprint density at radius 1 is 1.15 bits per heavy atom. The highest BCUT2D eigenvalue weighted by molar-refractivity contribution is 6.00. The van der Waals surface area contributed by atoms with E-state index in [1.807, 2.05) is 4.90 Å². The van der Waals surface area contributed by atoms with Crippen LogP contribution in [0.5, 0.6) is 0 Å². The third-order valence-electron chi connectivity index (χ3n) is 7.61. The Labute approximate surface area is 228 Å². The summed E-state index contributed by atoms with van der Waals surface area (Å²) in [5.74, 6) is 0.365. The van der Waals surface area contributed by atoms with E-state index < -0.39 is 6.09 Å². The Kier molecular flexibility index (Phi) is 6.36. The maximum absolute atomic E-state index is 13.1. The zero-order chi connectivity index (χ0) is 28.0. The molecule has 0 aromatic carbocycles. The molecule has 4 aromatic heterocycles. The van der Waals surface area contributed by atoms with E-state index in [4.69, 9.17) is 15.5 Å². The normalized spacial score (nSPS) is 20.1. The van der Waals surface area contributed by atoms with Crippen LogP contribution in [-0.2, 0) is 4.74 Å². The molecule has 4 N–H and O–H groups in total. The number of nitrogen functional groups attached to an aromatic ring is 1. The molecule has 2 aliphatic rings. The molecule has 6 rings (SSSR count). The SMILES string of the molecule is CCOC(=O)Nc1ccc(-c2cnn3c(N)c(C(C)=O)c(C4C[C@H]5CC[C@@H](C4)N5C(=O)c4ncn[nH]4)nc23)cn1. The van der Waals surface area contributed by atoms with Gasteiger partial charge >= 0.3 is 6.09 Å². The van der Waals surface area contributed by atoms with Gasteiger partial charge in [0.15, 0.2) is 11.4 Å². The quantitative estimate of drug-likeness (QED) is 0.305. The fourth-order valence-electron chi connectivity index (χ4n) is 5.95. The van der Waals surface area contributed by atoms with Crippen molar-refractivity contribution in [2.45, 2.75) is 57.5 Å². The first-order valence-electron chi connectivity index (χ1n) is 13.1. The summed E-state index contributed by atoms with van der Waals surface area (Å²) >= 11 is 0. The molecule has 2 fully saturated rings. The minimum absolute atomic E-state index is 0.00608. The number of fused-ring (bicyclic) bond motifs is 3. The molecule has 6 heterocycles. The Morgan fingerprint density at radius 2 is 1.93 bits per heavy atom. The van der Waals surface area contributed by atoms with Crippen LogP contribution in [0.15, 0.2) is 30.9 Å². The molecule has 1 unspecified atom stereocenters. The van der Waals surface area contributed by atoms with E-state index in [-0.39, 0.29) is 47.9 Å². The van der Waals surface area contributed by atoms with Crippen LogP contribution in [0.1, 0.15) is 72.1 Å². The number of nitrogens with two attached hydrogens (primary N) is 1. The number of Topliss-reactive ketones (excluding diaryl/α,β-unsaturated/α-hetero) is 1. The smallest absolute Gasteiger partial charge is 0.412 e. The van der Waals surface area contributed by atoms with E-state index in [0.717, 1.165) is 12.8 Å². The summed E-state index contributed by atoms with van der Waals surface area (Å²) in [6, 6.07) is 3.43. The predicted molar refractivity (Wildman–Crippen MR) is 143 cm³/mol. The van der Waals surface area contributed by atoms with Crippen LogP contribution in [0.2, 0.25) is 0 Å². The Hall–Kier alpha value is -4.88. The number of nitrogens with one attached hydrogen (secondary N) is 2. The summed E-state index contributed by atoms with van der Waals surface area (Å²) in [6.07, 6.45) is 7.00. The third-order valence-corrected chi connectivity index (χ3v) is 7.61. The largest absolute Gasteiger partial charge is 0.450 e. The van der Waals surface area contributed by atoms with Crippen molar-refractivity contribution >= 4 is 35.1 Å². The number of hydrogen-bond donors (Lipinski definition) is 3. The van der Waals surface area contributed by atoms with Crippen LogP contribution < -0.4 is 11.1 Å². The maximum Gasteiger partial charge on any atom is 0.412 e. The van der Waals surface area contributed by atoms with Gasteiger partial charge in [0.2, 0.25) is 5.82 Å². The predicted octanol–water partition coefficient (Wildman–Crippen LogP) is 2.81. The molecule has 3 atom stereocenters. The molecule has 2 amide bonds. The van der Waals surface area contributed by atoms with Gasteiger partial charge in [-0.25, -0.2) is 19.7 Å². The molecule has 0 radical (unpaired) electrons. The van der Waals surface area contributed by atoms with Crippen molar-refractivity contribution in [3.63, 3.8) is 0 Å². The number of rotatable bonds is 6. The van der Waals surface area contributed by atoms with Crippen molar-refractivity contribution < 1.29 is 19.1 Å². The summed E-state index contributed by atoms with van der Waals surface area (Å²) in [5.41, 5.74) is 9.40. The highest BCUT2D eigenvalue weighted by Gasteiger charge is 2.45. The molecule has 206 valence electrons. The van der Waals surface area contributed by atoms with E-state index in [9.17, 15) is 14.4 Å². The summed E-state index contributed by atoms with van der Waals surface area (Å²) in [5, 5.41) is 13.5. The zero-order valence-corrected chi connectivity index (χ0v) is 22.0. The summed E-state index contributed by atoms with van der Waals surface area (Å²) in [4.78, 5) is 52.9. The molecule has 0 spiro atoms. The number of carbonyl (C=O) groups excluding carboxylic acids is 3. The lowest BCUT2D eigenvalue weighted by atomic mass is 9.85. The fourth-order valence-corrected chi connectivity index (χ4v) is 5.95. The van der Waals surface area contributed by atoms with Gasteiger partial charge in [0.05, 0.1) is 24.1 Å². The summed E-state index contributed by atoms with van der Waals surface area (Å²) in [6.45, 7) is 3.45. The van der Waals surface area contributed by atoms with Crippen LogP contribution in [0, 0.1) is 0 Å². The molecule has 4 aromatic rings. The fraction of sp³-hybridized carbons (Fsp3) is 0.385. The number of piperidine rings is 1. The average molecular weight is 545 g/mol. The minimum atomic E-state index is -0.586. The molecule has 14 heteroatoms. The van der Waals surface area contributed by atoms with Crippen molar-refractivity contribution in [3.05, 3.63) is 47.9 Å². The van der Waals surface area contributed by atoms with Gasteiger partial charge in [-0.15, -0.1) is 0 Å². The third kappa shape index (κ3) is 4.30. The van der Waals surface area contributed by atoms with Crippen molar-refractivity contribution in [3.8, 4) is 11.1 Å². The van der Waals surface area contributed by atoms with Crippen LogP contribution in [-0.4, -0.2) is 76.1 Å². The number of amides is 2. The highest BCUT2D eigenvalue weighted by Crippen LogP contribution is 2.45. The van der Waals surface area contributed by atoms with Crippen LogP contribution in [0.25, 0.3) is 16.8 Å². The molecular weight excluding hydrogens is 516 g/mol. The first-order chi connectivity index (χ1) is 19.4. The second-order valence-electron chi connectivity index (χ2n) is 9.98. The number of nitrogens with zero attached hydrogens (tertiary/aromatic N) is 7. The van der Waals surface area contributed by atoms with Crippen LogP contribution in [0.3, 0.4) is 0 Å². The monoisotopic (exact) mass is 544 g/mol. The number of carbonyl (C=O) groups is 3. The van der Waals surface area contributed by atoms with Gasteiger partial charge in [-0.1, -0.05) is 0 Å². The molecule has 0 saturated carbocycles. The lowest BCUT2D eigenvalue weighted by Gasteiger charge is -2.38. The molecule has 2 bridgehead atoms. The standard InChI is InChI=1S/C26H28N10O4/c1-3-40-26(39)32-19-7-4-14(10-28-19)18-11-31-36-22(27)20(13(2)37)21(33-24(18)36)15-8-16-5-6-17(9-15)35(16)25(38)23-29-12-30-34-23/h4,7,10-12,15-17H,3,5-6,8-9,27H2,1-2H3,(H,28,32,39)(H,29,30,34)/t15?,16-,17+. The summed E-state index contributed by atoms with van der Waals surface area (Å²) in [7, 11) is 0. The number of aromatic amines is 1. The Balaban J connectivity index is 1.34. The topological polar surface area (TPSA) is 186 Å². The number of ether oxygens (including phenoxy) is 1. The van der Waals surface area contributed by atoms with Crippen molar-refractivity contribution in [2.24, 2.45) is 0 Å². The van der Waals surface area contributed by atoms with Crippen LogP contribution >= 0.6 is 0 Å². The lowest BCUT2D eigenvalue weighted by molar-refractivity contribution is 0.0556. The second-order valence-corrected chi connectivity index (χ2v) is 9.98. The van der Waals surface area contributed by atoms with Gasteiger partial charge in [0.25, 0.3) is 5.91 Å². The van der Waals surface area contributed by atoms with E-state index in [2.05, 4.69) is 30.6 Å². The number of H-pyrrole nitrogens is 1. The van der Waals surface area contributed by atoms with Crippen molar-refractivity contribution in [2.75, 3.05) is 17.7 Å². The van der Waals surface area contributed by atoms with Gasteiger partial charge in [-0.2, -0.15) is 14.7 Å². The number of hydrogen-bond acceptors (Lipinski definition) is 10. The first kappa shape index (κ1) is 25.4. The minimum Gasteiger partial charge on any atom is -0.450 e. The van der Waals surface area contributed by atoms with Gasteiger partial charge < -0.3 is 15.4 Å². The van der Waals surface area contributed by atoms with E-state index >= 15 is 0 Å². The average Bonchev–Trinajstić information content (AvgIpc) is 3.67. The van der Waals surface area contributed by atoms with Gasteiger partial charge in [0, 0.05) is 35.3 Å². The highest BCUT2D eigenvalue weighted by atomic mass is 16.5. The molecule has 14 nitrogen and oxygen atoms in total. The molecule has 2 aliphatic heterocycles. The van der Waals surface area contributed by atoms with Crippen LogP contribution in [0.4, 0.5) is 16.4 Å². The molecular formula is C26H28N10O4.